The van der Waals surface area contributed by atoms with Crippen LogP contribution in [0.25, 0.3) is 0 Å². The summed E-state index contributed by atoms with van der Waals surface area (Å²) in [7, 11) is 0. The highest BCUT2D eigenvalue weighted by Gasteiger charge is 2.38. The normalized spacial score (nSPS) is 9.63. The minimum atomic E-state index is -5.08. The number of halogens is 3. The lowest BCUT2D eigenvalue weighted by atomic mass is 10.5. The van der Waals surface area contributed by atoms with Crippen molar-refractivity contribution < 1.29 is 23.1 Å². The van der Waals surface area contributed by atoms with E-state index in [-0.39, 0.29) is 10.2 Å². The van der Waals surface area contributed by atoms with Crippen LogP contribution in [0.5, 0.6) is 0 Å². The van der Waals surface area contributed by atoms with Gasteiger partial charge in [0, 0.05) is 12.3 Å². The molecule has 0 aliphatic carbocycles. The summed E-state index contributed by atoms with van der Waals surface area (Å²) in [6.45, 7) is 0. The highest BCUT2D eigenvalue weighted by Crippen LogP contribution is 2.13. The molecule has 0 amide bonds. The molecule has 0 unspecified atom stereocenters. The molecule has 0 saturated carbocycles. The van der Waals surface area contributed by atoms with E-state index in [0.717, 1.165) is 11.5 Å². The number of nitrogens with one attached hydrogen (secondary N) is 1. The van der Waals surface area contributed by atoms with Crippen LogP contribution in [-0.4, -0.2) is 26.8 Å². The summed E-state index contributed by atoms with van der Waals surface area (Å²) < 4.78 is 33.9. The van der Waals surface area contributed by atoms with Crippen LogP contribution in [0.1, 0.15) is 0 Å². The summed E-state index contributed by atoms with van der Waals surface area (Å²) in [4.78, 5) is 30.5. The van der Waals surface area contributed by atoms with Crippen LogP contribution in [0, 0.1) is 0 Å². The van der Waals surface area contributed by atoms with Crippen molar-refractivity contribution in [2.24, 2.45) is 0 Å². The molecule has 1 aromatic heterocycles. The predicted molar refractivity (Wildman–Crippen MR) is 60.3 cm³/mol. The molecule has 0 saturated heterocycles. The predicted octanol–water partition coefficient (Wildman–Crippen LogP) is 0.949. The monoisotopic (exact) mass is 296 g/mol. The van der Waals surface area contributed by atoms with Crippen LogP contribution in [0.2, 0.25) is 0 Å². The second-order valence-corrected chi connectivity index (χ2v) is 3.48. The minimum Gasteiger partial charge on any atom is -0.475 e. The summed E-state index contributed by atoms with van der Waals surface area (Å²) in [5.74, 6) is -2.76. The lowest BCUT2D eigenvalue weighted by Gasteiger charge is -1.93. The van der Waals surface area contributed by atoms with Crippen molar-refractivity contribution in [1.82, 2.24) is 9.59 Å². The number of alkyl halides is 3. The average molecular weight is 296 g/mol. The van der Waals surface area contributed by atoms with Crippen molar-refractivity contribution in [3.63, 3.8) is 0 Å². The Bertz CT molecular complexity index is 541. The Kier molecular flexibility index (Phi) is 7.04. The number of aliphatic carboxylic acids is 1. The van der Waals surface area contributed by atoms with E-state index in [0.29, 0.717) is 0 Å². The van der Waals surface area contributed by atoms with E-state index in [1.165, 1.54) is 30.5 Å². The number of carbonyl (C=O) groups is 1. The lowest BCUT2D eigenvalue weighted by molar-refractivity contribution is -0.192. The molecule has 1 heterocycles. The SMILES string of the molecule is O=C(O)C(F)(F)F.O=c1cccn[nH]sc(=O)cc1. The van der Waals surface area contributed by atoms with Gasteiger partial charge in [-0.25, -0.2) is 9.28 Å². The summed E-state index contributed by atoms with van der Waals surface area (Å²) in [5, 5.41) is 10.7. The Morgan fingerprint density at radius 2 is 1.84 bits per heavy atom. The number of aromatic amines is 1. The van der Waals surface area contributed by atoms with Crippen molar-refractivity contribution in [2.75, 3.05) is 0 Å². The first-order chi connectivity index (χ1) is 8.73. The molecule has 2 N–H and O–H groups in total. The van der Waals surface area contributed by atoms with Crippen molar-refractivity contribution in [3.05, 3.63) is 50.2 Å². The number of H-pyrrole nitrogens is 1. The largest absolute Gasteiger partial charge is 0.490 e. The van der Waals surface area contributed by atoms with E-state index in [1.54, 1.807) is 0 Å². The lowest BCUT2D eigenvalue weighted by Crippen LogP contribution is -2.21. The van der Waals surface area contributed by atoms with E-state index < -0.39 is 12.1 Å². The van der Waals surface area contributed by atoms with E-state index in [1.807, 2.05) is 0 Å². The highest BCUT2D eigenvalue weighted by molar-refractivity contribution is 7.02. The van der Waals surface area contributed by atoms with Crippen LogP contribution < -0.4 is 10.2 Å². The molecular formula is C9H7F3N2O4S. The number of carboxylic acids is 1. The van der Waals surface area contributed by atoms with E-state index in [2.05, 4.69) is 9.59 Å². The van der Waals surface area contributed by atoms with Gasteiger partial charge in [0.25, 0.3) is 0 Å². The molecule has 6 nitrogen and oxygen atoms in total. The van der Waals surface area contributed by atoms with Crippen molar-refractivity contribution in [2.45, 2.75) is 6.18 Å². The van der Waals surface area contributed by atoms with Gasteiger partial charge >= 0.3 is 12.1 Å². The molecule has 0 radical (unpaired) electrons. The molecule has 104 valence electrons. The van der Waals surface area contributed by atoms with Crippen molar-refractivity contribution in [1.29, 1.82) is 0 Å². The Balaban J connectivity index is 0.000000399. The van der Waals surface area contributed by atoms with Crippen LogP contribution in [0.4, 0.5) is 13.2 Å². The fourth-order valence-corrected chi connectivity index (χ4v) is 0.862. The zero-order valence-electron chi connectivity index (χ0n) is 9.05. The van der Waals surface area contributed by atoms with E-state index in [4.69, 9.17) is 9.90 Å². The summed E-state index contributed by atoms with van der Waals surface area (Å²) >= 11 is 0.817. The minimum absolute atomic E-state index is 0.225. The number of nitrogens with zero attached hydrogens (tertiary/aromatic N) is 1. The molecular weight excluding hydrogens is 289 g/mol. The van der Waals surface area contributed by atoms with Gasteiger partial charge in [-0.15, -0.1) is 0 Å². The van der Waals surface area contributed by atoms with E-state index in [9.17, 15) is 22.8 Å². The van der Waals surface area contributed by atoms with Gasteiger partial charge in [-0.2, -0.15) is 18.3 Å². The maximum absolute atomic E-state index is 10.8. The molecule has 19 heavy (non-hydrogen) atoms. The first-order valence-electron chi connectivity index (χ1n) is 4.41. The molecule has 0 aliphatic rings. The topological polar surface area (TPSA) is 100 Å². The zero-order valence-corrected chi connectivity index (χ0v) is 9.86. The third-order valence-electron chi connectivity index (χ3n) is 1.25. The maximum atomic E-state index is 10.8. The summed E-state index contributed by atoms with van der Waals surface area (Å²) in [5.41, 5.74) is -0.225. The molecule has 0 bridgehead atoms. The molecule has 0 spiro atoms. The maximum Gasteiger partial charge on any atom is 0.490 e. The van der Waals surface area contributed by atoms with Gasteiger partial charge < -0.3 is 5.11 Å². The molecule has 0 aliphatic heterocycles. The molecule has 0 atom stereocenters. The molecule has 0 aromatic carbocycles. The van der Waals surface area contributed by atoms with E-state index >= 15 is 0 Å². The smallest absolute Gasteiger partial charge is 0.475 e. The Morgan fingerprint density at radius 1 is 1.26 bits per heavy atom. The molecule has 1 rings (SSSR count). The second kappa shape index (κ2) is 7.97. The molecule has 1 aromatic rings. The third-order valence-corrected chi connectivity index (χ3v) is 1.78. The molecule has 0 fully saturated rings. The van der Waals surface area contributed by atoms with Crippen molar-refractivity contribution in [3.8, 4) is 0 Å². The summed E-state index contributed by atoms with van der Waals surface area (Å²) in [6.07, 6.45) is -3.68. The van der Waals surface area contributed by atoms with Crippen LogP contribution >= 0.6 is 11.5 Å². The number of hydrogen-bond donors (Lipinski definition) is 2. The van der Waals surface area contributed by atoms with Gasteiger partial charge in [-0.1, -0.05) is 0 Å². The van der Waals surface area contributed by atoms with Gasteiger partial charge in [0.1, 0.15) is 0 Å². The number of aromatic nitrogens is 2. The fraction of sp³-hybridized carbons (Fsp3) is 0.111. The van der Waals surface area contributed by atoms with Gasteiger partial charge in [-0.05, 0) is 29.7 Å². The number of hydrogen-bond acceptors (Lipinski definition) is 5. The number of carboxylic acid groups (broad SMARTS) is 1. The Hall–Kier alpha value is -2.23. The van der Waals surface area contributed by atoms with Gasteiger partial charge in [0.05, 0.1) is 0 Å². The standard InChI is InChI=1S/C7H6N2O2S.C2HF3O2/c10-6-2-1-5-8-9-12-7(11)4-3-6;3-2(4,5)1(6)7/h1-5,9H;(H,6,7). The van der Waals surface area contributed by atoms with Gasteiger partial charge in [0.2, 0.25) is 4.74 Å². The summed E-state index contributed by atoms with van der Waals surface area (Å²) in [6, 6.07) is 5.23. The average Bonchev–Trinajstić information content (AvgIpc) is 2.30. The second-order valence-electron chi connectivity index (χ2n) is 2.69. The van der Waals surface area contributed by atoms with Crippen molar-refractivity contribution >= 4 is 17.5 Å². The van der Waals surface area contributed by atoms with Gasteiger partial charge in [0.15, 0.2) is 5.43 Å². The number of rotatable bonds is 0. The highest BCUT2D eigenvalue weighted by atomic mass is 32.1. The quantitative estimate of drug-likeness (QED) is 0.742. The fourth-order valence-electron chi connectivity index (χ4n) is 0.522. The van der Waals surface area contributed by atoms with Crippen LogP contribution in [0.15, 0.2) is 40.1 Å². The first-order valence-corrected chi connectivity index (χ1v) is 5.23. The Morgan fingerprint density at radius 3 is 2.37 bits per heavy atom. The Labute approximate surface area is 107 Å². The molecule has 10 heteroatoms. The van der Waals surface area contributed by atoms with Gasteiger partial charge in [-0.3, -0.25) is 9.59 Å². The first kappa shape index (κ1) is 16.8. The third kappa shape index (κ3) is 9.47. The zero-order chi connectivity index (χ0) is 14.9. The van der Waals surface area contributed by atoms with Crippen LogP contribution in [-0.2, 0) is 4.79 Å². The van der Waals surface area contributed by atoms with Crippen LogP contribution in [0.3, 0.4) is 0 Å².